The summed E-state index contributed by atoms with van der Waals surface area (Å²) in [5.41, 5.74) is 1.48. The highest BCUT2D eigenvalue weighted by molar-refractivity contribution is 7.91. The van der Waals surface area contributed by atoms with Crippen LogP contribution in [-0.4, -0.2) is 53.6 Å². The summed E-state index contributed by atoms with van der Waals surface area (Å²) in [6.45, 7) is 6.72. The van der Waals surface area contributed by atoms with Crippen molar-refractivity contribution in [1.82, 2.24) is 14.7 Å². The van der Waals surface area contributed by atoms with Gasteiger partial charge in [0.25, 0.3) is 0 Å². The summed E-state index contributed by atoms with van der Waals surface area (Å²) in [7, 11) is -1.38. The van der Waals surface area contributed by atoms with Gasteiger partial charge in [-0.25, -0.2) is 8.42 Å². The molecule has 2 heterocycles. The first-order valence-corrected chi connectivity index (χ1v) is 10.2. The Bertz CT molecular complexity index is 753. The highest BCUT2D eigenvalue weighted by Gasteiger charge is 2.32. The van der Waals surface area contributed by atoms with Crippen LogP contribution in [-0.2, 0) is 21.2 Å². The average molecular weight is 374 g/mol. The van der Waals surface area contributed by atoms with Crippen molar-refractivity contribution in [2.75, 3.05) is 18.6 Å². The van der Waals surface area contributed by atoms with E-state index >= 15 is 0 Å². The van der Waals surface area contributed by atoms with Gasteiger partial charge < -0.3 is 4.90 Å². The minimum Gasteiger partial charge on any atom is -0.338 e. The van der Waals surface area contributed by atoms with E-state index in [1.807, 2.05) is 6.92 Å². The van der Waals surface area contributed by atoms with Gasteiger partial charge in [0.1, 0.15) is 5.15 Å². The number of nitrogens with zero attached hydrogens (tertiary/aromatic N) is 3. The number of aryl methyl sites for hydroxylation is 1. The van der Waals surface area contributed by atoms with Crippen LogP contribution >= 0.6 is 11.6 Å². The number of sulfone groups is 1. The fourth-order valence-electron chi connectivity index (χ4n) is 2.76. The van der Waals surface area contributed by atoms with Crippen molar-refractivity contribution < 1.29 is 13.2 Å². The molecule has 24 heavy (non-hydrogen) atoms. The molecule has 1 aliphatic rings. The molecule has 0 saturated carbocycles. The third-order valence-corrected chi connectivity index (χ3v) is 6.29. The molecule has 1 saturated heterocycles. The fraction of sp³-hybridized carbons (Fsp3) is 0.625. The van der Waals surface area contributed by atoms with Crippen molar-refractivity contribution in [3.8, 4) is 0 Å². The molecule has 2 rings (SSSR count). The van der Waals surface area contributed by atoms with Crippen LogP contribution in [0.25, 0.3) is 6.08 Å². The maximum atomic E-state index is 12.3. The van der Waals surface area contributed by atoms with Crippen LogP contribution < -0.4 is 0 Å². The lowest BCUT2D eigenvalue weighted by molar-refractivity contribution is -0.126. The van der Waals surface area contributed by atoms with Crippen LogP contribution in [0.5, 0.6) is 0 Å². The first-order chi connectivity index (χ1) is 11.1. The fourth-order valence-corrected chi connectivity index (χ4v) is 4.84. The number of amides is 1. The molecule has 0 N–H and O–H groups in total. The van der Waals surface area contributed by atoms with Crippen molar-refractivity contribution in [3.63, 3.8) is 0 Å². The van der Waals surface area contributed by atoms with Gasteiger partial charge in [0, 0.05) is 31.3 Å². The lowest BCUT2D eigenvalue weighted by Gasteiger charge is -2.21. The predicted octanol–water partition coefficient (Wildman–Crippen LogP) is 2.16. The summed E-state index contributed by atoms with van der Waals surface area (Å²) in [4.78, 5) is 13.8. The van der Waals surface area contributed by atoms with Crippen molar-refractivity contribution in [3.05, 3.63) is 22.5 Å². The monoisotopic (exact) mass is 373 g/mol. The molecule has 1 aliphatic heterocycles. The van der Waals surface area contributed by atoms with Crippen molar-refractivity contribution in [2.24, 2.45) is 5.92 Å². The molecule has 1 aromatic heterocycles. The highest BCUT2D eigenvalue weighted by atomic mass is 35.5. The van der Waals surface area contributed by atoms with Gasteiger partial charge in [-0.15, -0.1) is 0 Å². The van der Waals surface area contributed by atoms with Crippen molar-refractivity contribution >= 4 is 33.4 Å². The molecular weight excluding hydrogens is 350 g/mol. The number of carbonyl (C=O) groups is 1. The molecule has 0 radical (unpaired) electrons. The Kier molecular flexibility index (Phi) is 5.75. The Morgan fingerprint density at radius 3 is 2.71 bits per heavy atom. The average Bonchev–Trinajstić information content (AvgIpc) is 2.96. The van der Waals surface area contributed by atoms with E-state index in [1.165, 1.54) is 11.0 Å². The lowest BCUT2D eigenvalue weighted by atomic mass is 10.2. The second-order valence-electron chi connectivity index (χ2n) is 6.71. The SMILES string of the molecule is Cc1nn(CC(C)C)c(Cl)c1/C=C/C(=O)N(C)C1CCS(=O)(=O)C1. The number of rotatable bonds is 5. The van der Waals surface area contributed by atoms with Gasteiger partial charge in [-0.1, -0.05) is 25.4 Å². The van der Waals surface area contributed by atoms with E-state index in [1.54, 1.807) is 17.8 Å². The highest BCUT2D eigenvalue weighted by Crippen LogP contribution is 2.23. The van der Waals surface area contributed by atoms with Gasteiger partial charge in [0.15, 0.2) is 9.84 Å². The van der Waals surface area contributed by atoms with Gasteiger partial charge in [-0.3, -0.25) is 9.48 Å². The van der Waals surface area contributed by atoms with E-state index in [9.17, 15) is 13.2 Å². The van der Waals surface area contributed by atoms with Crippen LogP contribution in [0.1, 0.15) is 31.5 Å². The molecule has 1 amide bonds. The first kappa shape index (κ1) is 19.0. The molecule has 0 spiro atoms. The second kappa shape index (κ2) is 7.27. The van der Waals surface area contributed by atoms with Crippen LogP contribution in [0, 0.1) is 12.8 Å². The standard InChI is InChI=1S/C16H24ClN3O3S/c1-11(2)9-20-16(17)14(12(3)18-20)5-6-15(21)19(4)13-7-8-24(22,23)10-13/h5-6,11,13H,7-10H2,1-4H3/b6-5+. The van der Waals surface area contributed by atoms with Gasteiger partial charge >= 0.3 is 0 Å². The topological polar surface area (TPSA) is 72.3 Å². The summed E-state index contributed by atoms with van der Waals surface area (Å²) in [5.74, 6) is 0.362. The zero-order valence-corrected chi connectivity index (χ0v) is 16.1. The molecule has 0 bridgehead atoms. The molecule has 0 aliphatic carbocycles. The van der Waals surface area contributed by atoms with Crippen molar-refractivity contribution in [2.45, 2.75) is 39.8 Å². The zero-order chi connectivity index (χ0) is 18.1. The molecule has 0 aromatic carbocycles. The van der Waals surface area contributed by atoms with Gasteiger partial charge in [-0.2, -0.15) is 5.10 Å². The van der Waals surface area contributed by atoms with Crippen LogP contribution in [0.3, 0.4) is 0 Å². The summed E-state index contributed by atoms with van der Waals surface area (Å²) in [6.07, 6.45) is 3.58. The first-order valence-electron chi connectivity index (χ1n) is 7.99. The molecule has 1 aromatic rings. The lowest BCUT2D eigenvalue weighted by Crippen LogP contribution is -2.36. The van der Waals surface area contributed by atoms with Gasteiger partial charge in [0.05, 0.1) is 17.2 Å². The Balaban J connectivity index is 2.10. The number of aromatic nitrogens is 2. The third kappa shape index (κ3) is 4.39. The quantitative estimate of drug-likeness (QED) is 0.741. The van der Waals surface area contributed by atoms with E-state index in [-0.39, 0.29) is 23.5 Å². The maximum Gasteiger partial charge on any atom is 0.246 e. The van der Waals surface area contributed by atoms with Crippen LogP contribution in [0.4, 0.5) is 0 Å². The minimum atomic E-state index is -3.02. The minimum absolute atomic E-state index is 0.0369. The second-order valence-corrected chi connectivity index (χ2v) is 9.29. The van der Waals surface area contributed by atoms with E-state index < -0.39 is 9.84 Å². The van der Waals surface area contributed by atoms with Gasteiger partial charge in [-0.05, 0) is 25.3 Å². The Labute approximate surface area is 148 Å². The van der Waals surface area contributed by atoms with Crippen molar-refractivity contribution in [1.29, 1.82) is 0 Å². The number of halogens is 1. The normalized spacial score (nSPS) is 20.2. The van der Waals surface area contributed by atoms with E-state index in [2.05, 4.69) is 18.9 Å². The molecule has 8 heteroatoms. The Hall–Kier alpha value is -1.34. The molecule has 1 fully saturated rings. The maximum absolute atomic E-state index is 12.3. The predicted molar refractivity (Wildman–Crippen MR) is 95.7 cm³/mol. The summed E-state index contributed by atoms with van der Waals surface area (Å²) < 4.78 is 24.8. The molecule has 134 valence electrons. The summed E-state index contributed by atoms with van der Waals surface area (Å²) in [6, 6.07) is -0.257. The van der Waals surface area contributed by atoms with E-state index in [0.29, 0.717) is 24.0 Å². The third-order valence-electron chi connectivity index (χ3n) is 4.14. The Morgan fingerprint density at radius 1 is 1.50 bits per heavy atom. The summed E-state index contributed by atoms with van der Waals surface area (Å²) in [5, 5.41) is 4.91. The molecule has 1 unspecified atom stereocenters. The number of carbonyl (C=O) groups excluding carboxylic acids is 1. The smallest absolute Gasteiger partial charge is 0.246 e. The number of likely N-dealkylation sites (N-methyl/N-ethyl adjacent to an activating group) is 1. The molecule has 1 atom stereocenters. The molecule has 6 nitrogen and oxygen atoms in total. The van der Waals surface area contributed by atoms with Crippen LogP contribution in [0.2, 0.25) is 5.15 Å². The van der Waals surface area contributed by atoms with Gasteiger partial charge in [0.2, 0.25) is 5.91 Å². The van der Waals surface area contributed by atoms with E-state index in [0.717, 1.165) is 11.3 Å². The zero-order valence-electron chi connectivity index (χ0n) is 14.5. The van der Waals surface area contributed by atoms with Crippen LogP contribution in [0.15, 0.2) is 6.08 Å². The Morgan fingerprint density at radius 2 is 2.17 bits per heavy atom. The van der Waals surface area contributed by atoms with E-state index in [4.69, 9.17) is 11.6 Å². The summed E-state index contributed by atoms with van der Waals surface area (Å²) >= 11 is 6.35. The largest absolute Gasteiger partial charge is 0.338 e. The number of hydrogen-bond donors (Lipinski definition) is 0. The molecular formula is C16H24ClN3O3S. The number of hydrogen-bond acceptors (Lipinski definition) is 4.